The number of carbonyl (C=O) groups is 1. The van der Waals surface area contributed by atoms with E-state index in [9.17, 15) is 4.79 Å². The van der Waals surface area contributed by atoms with Gasteiger partial charge in [0.2, 0.25) is 0 Å². The van der Waals surface area contributed by atoms with Gasteiger partial charge < -0.3 is 9.30 Å². The molecule has 0 unspecified atom stereocenters. The highest BCUT2D eigenvalue weighted by atomic mass is 16.5. The Bertz CT molecular complexity index is 570. The van der Waals surface area contributed by atoms with Gasteiger partial charge in [0.25, 0.3) is 0 Å². The second-order valence-corrected chi connectivity index (χ2v) is 4.47. The molecule has 4 nitrogen and oxygen atoms in total. The molecule has 0 spiro atoms. The molecule has 0 amide bonds. The van der Waals surface area contributed by atoms with Gasteiger partial charge in [-0.25, -0.2) is 9.78 Å². The predicted molar refractivity (Wildman–Crippen MR) is 73.2 cm³/mol. The van der Waals surface area contributed by atoms with Crippen LogP contribution in [0.3, 0.4) is 0 Å². The topological polar surface area (TPSA) is 44.1 Å². The van der Waals surface area contributed by atoms with E-state index in [1.807, 2.05) is 25.3 Å². The summed E-state index contributed by atoms with van der Waals surface area (Å²) in [5.41, 5.74) is 2.74. The second kappa shape index (κ2) is 5.69. The number of hydrogen-bond acceptors (Lipinski definition) is 3. The van der Waals surface area contributed by atoms with Crippen molar-refractivity contribution in [3.63, 3.8) is 0 Å². The fourth-order valence-electron chi connectivity index (χ4n) is 2.08. The molecule has 0 N–H and O–H groups in total. The summed E-state index contributed by atoms with van der Waals surface area (Å²) < 4.78 is 6.82. The molecule has 0 radical (unpaired) electrons. The highest BCUT2D eigenvalue weighted by Gasteiger charge is 2.07. The number of benzene rings is 1. The van der Waals surface area contributed by atoms with E-state index in [1.54, 1.807) is 12.1 Å². The Hall–Kier alpha value is -2.10. The summed E-state index contributed by atoms with van der Waals surface area (Å²) in [4.78, 5) is 15.8. The van der Waals surface area contributed by atoms with Crippen LogP contribution in [0.1, 0.15) is 34.4 Å². The zero-order chi connectivity index (χ0) is 13.8. The Morgan fingerprint density at radius 2 is 2.00 bits per heavy atom. The molecule has 2 aromatic rings. The Labute approximate surface area is 113 Å². The zero-order valence-corrected chi connectivity index (χ0v) is 11.5. The van der Waals surface area contributed by atoms with Crippen LogP contribution >= 0.6 is 0 Å². The molecular weight excluding hydrogens is 240 g/mol. The number of esters is 1. The first-order valence-electron chi connectivity index (χ1n) is 6.34. The van der Waals surface area contributed by atoms with E-state index >= 15 is 0 Å². The second-order valence-electron chi connectivity index (χ2n) is 4.47. The van der Waals surface area contributed by atoms with Crippen LogP contribution in [0, 0.1) is 6.92 Å². The van der Waals surface area contributed by atoms with Crippen molar-refractivity contribution in [2.24, 2.45) is 0 Å². The summed E-state index contributed by atoms with van der Waals surface area (Å²) in [6, 6.07) is 7.47. The van der Waals surface area contributed by atoms with Crippen molar-refractivity contribution >= 4 is 5.97 Å². The lowest BCUT2D eigenvalue weighted by atomic mass is 10.1. The Morgan fingerprint density at radius 1 is 1.32 bits per heavy atom. The van der Waals surface area contributed by atoms with Crippen LogP contribution in [-0.2, 0) is 17.7 Å². The molecule has 2 rings (SSSR count). The van der Waals surface area contributed by atoms with Gasteiger partial charge in [0.1, 0.15) is 5.82 Å². The molecule has 0 aliphatic heterocycles. The minimum Gasteiger partial charge on any atom is -0.465 e. The van der Waals surface area contributed by atoms with Gasteiger partial charge in [-0.15, -0.1) is 0 Å². The van der Waals surface area contributed by atoms with Gasteiger partial charge in [-0.05, 0) is 24.6 Å². The van der Waals surface area contributed by atoms with Crippen molar-refractivity contribution in [3.8, 4) is 0 Å². The molecule has 1 aromatic carbocycles. The first-order chi connectivity index (χ1) is 9.13. The van der Waals surface area contributed by atoms with E-state index in [1.165, 1.54) is 7.11 Å². The van der Waals surface area contributed by atoms with Crippen molar-refractivity contribution in [2.45, 2.75) is 26.8 Å². The monoisotopic (exact) mass is 258 g/mol. The van der Waals surface area contributed by atoms with Crippen LogP contribution < -0.4 is 0 Å². The summed E-state index contributed by atoms with van der Waals surface area (Å²) >= 11 is 0. The maximum Gasteiger partial charge on any atom is 0.337 e. The minimum absolute atomic E-state index is 0.306. The van der Waals surface area contributed by atoms with Gasteiger partial charge in [-0.2, -0.15) is 0 Å². The van der Waals surface area contributed by atoms with E-state index in [2.05, 4.69) is 21.2 Å². The van der Waals surface area contributed by atoms with E-state index in [0.29, 0.717) is 5.56 Å². The van der Waals surface area contributed by atoms with Crippen molar-refractivity contribution in [3.05, 3.63) is 53.1 Å². The Balaban J connectivity index is 2.17. The Kier molecular flexibility index (Phi) is 4.00. The molecular formula is C15H18N2O2. The van der Waals surface area contributed by atoms with Gasteiger partial charge in [0.15, 0.2) is 0 Å². The molecule has 1 heterocycles. The maximum absolute atomic E-state index is 11.3. The van der Waals surface area contributed by atoms with Gasteiger partial charge in [-0.1, -0.05) is 19.1 Å². The lowest BCUT2D eigenvalue weighted by molar-refractivity contribution is 0.0600. The smallest absolute Gasteiger partial charge is 0.337 e. The highest BCUT2D eigenvalue weighted by molar-refractivity contribution is 5.89. The summed E-state index contributed by atoms with van der Waals surface area (Å²) in [7, 11) is 1.39. The number of imidazole rings is 1. The van der Waals surface area contributed by atoms with Gasteiger partial charge in [-0.3, -0.25) is 0 Å². The molecule has 0 saturated carbocycles. The summed E-state index contributed by atoms with van der Waals surface area (Å²) in [5, 5.41) is 0. The molecule has 0 bridgehead atoms. The average molecular weight is 258 g/mol. The quantitative estimate of drug-likeness (QED) is 0.792. The fourth-order valence-corrected chi connectivity index (χ4v) is 2.08. The largest absolute Gasteiger partial charge is 0.465 e. The molecule has 19 heavy (non-hydrogen) atoms. The van der Waals surface area contributed by atoms with Crippen molar-refractivity contribution in [2.75, 3.05) is 7.11 Å². The molecule has 0 aliphatic rings. The molecule has 100 valence electrons. The van der Waals surface area contributed by atoms with Crippen molar-refractivity contribution < 1.29 is 9.53 Å². The third kappa shape index (κ3) is 3.02. The molecule has 0 fully saturated rings. The van der Waals surface area contributed by atoms with Gasteiger partial charge in [0, 0.05) is 19.2 Å². The van der Waals surface area contributed by atoms with Crippen molar-refractivity contribution in [1.82, 2.24) is 9.55 Å². The average Bonchev–Trinajstić information content (AvgIpc) is 2.78. The van der Waals surface area contributed by atoms with Crippen LogP contribution in [0.25, 0.3) is 0 Å². The van der Waals surface area contributed by atoms with E-state index in [4.69, 9.17) is 0 Å². The van der Waals surface area contributed by atoms with Crippen molar-refractivity contribution in [1.29, 1.82) is 0 Å². The number of ether oxygens (including phenoxy) is 1. The summed E-state index contributed by atoms with van der Waals surface area (Å²) in [6.07, 6.45) is 2.96. The van der Waals surface area contributed by atoms with Crippen LogP contribution in [-0.4, -0.2) is 22.6 Å². The number of rotatable bonds is 4. The number of hydrogen-bond donors (Lipinski definition) is 0. The summed E-state index contributed by atoms with van der Waals surface area (Å²) in [6.45, 7) is 4.86. The van der Waals surface area contributed by atoms with Crippen LogP contribution in [0.4, 0.5) is 0 Å². The lowest BCUT2D eigenvalue weighted by Gasteiger charge is -2.07. The van der Waals surface area contributed by atoms with Crippen LogP contribution in [0.2, 0.25) is 0 Å². The van der Waals surface area contributed by atoms with E-state index in [0.717, 1.165) is 30.0 Å². The predicted octanol–water partition coefficient (Wildman–Crippen LogP) is 2.59. The number of aryl methyl sites for hydroxylation is 2. The number of nitrogens with zero attached hydrogens (tertiary/aromatic N) is 2. The Morgan fingerprint density at radius 3 is 2.58 bits per heavy atom. The van der Waals surface area contributed by atoms with Gasteiger partial charge in [0.05, 0.1) is 18.4 Å². The summed E-state index contributed by atoms with van der Waals surface area (Å²) in [5.74, 6) is 0.772. The zero-order valence-electron chi connectivity index (χ0n) is 11.5. The third-order valence-electron chi connectivity index (χ3n) is 3.02. The van der Waals surface area contributed by atoms with Gasteiger partial charge >= 0.3 is 5.97 Å². The van der Waals surface area contributed by atoms with E-state index < -0.39 is 0 Å². The lowest BCUT2D eigenvalue weighted by Crippen LogP contribution is -2.05. The van der Waals surface area contributed by atoms with Crippen LogP contribution in [0.15, 0.2) is 30.5 Å². The maximum atomic E-state index is 11.3. The molecule has 1 aromatic heterocycles. The highest BCUT2D eigenvalue weighted by Crippen LogP contribution is 2.10. The minimum atomic E-state index is -0.306. The third-order valence-corrected chi connectivity index (χ3v) is 3.02. The van der Waals surface area contributed by atoms with E-state index in [-0.39, 0.29) is 5.97 Å². The first kappa shape index (κ1) is 13.3. The first-order valence-corrected chi connectivity index (χ1v) is 6.34. The molecule has 4 heteroatoms. The fraction of sp³-hybridized carbons (Fsp3) is 0.333. The van der Waals surface area contributed by atoms with Crippen LogP contribution in [0.5, 0.6) is 0 Å². The molecule has 0 saturated heterocycles. The standard InChI is InChI=1S/C15H18N2O2/c1-4-14-16-11(2)9-17(14)10-12-5-7-13(8-6-12)15(18)19-3/h5-9H,4,10H2,1-3H3. The SMILES string of the molecule is CCc1nc(C)cn1Cc1ccc(C(=O)OC)cc1. The number of methoxy groups -OCH3 is 1. The normalized spacial score (nSPS) is 10.5. The number of aromatic nitrogens is 2. The molecule has 0 aliphatic carbocycles. The molecule has 0 atom stereocenters. The number of carbonyl (C=O) groups excluding carboxylic acids is 1.